The molecule has 6 heteroatoms. The lowest BCUT2D eigenvalue weighted by molar-refractivity contribution is -0.135. The first kappa shape index (κ1) is 19.9. The van der Waals surface area contributed by atoms with E-state index in [1.807, 2.05) is 0 Å². The highest BCUT2D eigenvalue weighted by molar-refractivity contribution is 5.84. The molecule has 0 heterocycles. The topological polar surface area (TPSA) is 84.7 Å². The van der Waals surface area contributed by atoms with Crippen molar-refractivity contribution in [2.45, 2.75) is 33.1 Å². The summed E-state index contributed by atoms with van der Waals surface area (Å²) in [6.07, 6.45) is 2.10. The van der Waals surface area contributed by atoms with Gasteiger partial charge in [-0.25, -0.2) is 0 Å². The summed E-state index contributed by atoms with van der Waals surface area (Å²) in [4.78, 5) is 25.2. The molecule has 0 spiro atoms. The Morgan fingerprint density at radius 2 is 2.00 bits per heavy atom. The van der Waals surface area contributed by atoms with Crippen LogP contribution in [0.2, 0.25) is 0 Å². The number of ether oxygens (including phenoxy) is 1. The third kappa shape index (κ3) is 10.3. The van der Waals surface area contributed by atoms with Crippen molar-refractivity contribution in [2.24, 2.45) is 17.6 Å². The number of amides is 2. The molecule has 0 aromatic heterocycles. The molecule has 6 nitrogen and oxygen atoms in total. The van der Waals surface area contributed by atoms with Gasteiger partial charge in [0.25, 0.3) is 0 Å². The van der Waals surface area contributed by atoms with Gasteiger partial charge in [0.1, 0.15) is 0 Å². The van der Waals surface area contributed by atoms with Crippen molar-refractivity contribution in [3.05, 3.63) is 0 Å². The minimum absolute atomic E-state index is 0.0295. The van der Waals surface area contributed by atoms with Crippen molar-refractivity contribution in [1.82, 2.24) is 10.2 Å². The highest BCUT2D eigenvalue weighted by Crippen LogP contribution is 2.15. The Labute approximate surface area is 128 Å². The van der Waals surface area contributed by atoms with Crippen LogP contribution in [-0.2, 0) is 14.3 Å². The van der Waals surface area contributed by atoms with Crippen LogP contribution in [-0.4, -0.2) is 57.1 Å². The molecule has 0 rings (SSSR count). The van der Waals surface area contributed by atoms with E-state index in [1.54, 1.807) is 14.2 Å². The third-order valence-electron chi connectivity index (χ3n) is 3.26. The molecule has 0 bridgehead atoms. The number of hydrogen-bond acceptors (Lipinski definition) is 4. The number of carbonyl (C=O) groups is 2. The SMILES string of the molecule is COCCCNC(=O)CN(C)C(=O)C[C@@H](CN)CC(C)C. The van der Waals surface area contributed by atoms with Gasteiger partial charge in [-0.2, -0.15) is 0 Å². The molecule has 21 heavy (non-hydrogen) atoms. The largest absolute Gasteiger partial charge is 0.385 e. The van der Waals surface area contributed by atoms with Gasteiger partial charge in [0, 0.05) is 33.7 Å². The minimum Gasteiger partial charge on any atom is -0.385 e. The molecule has 0 aliphatic rings. The van der Waals surface area contributed by atoms with Crippen molar-refractivity contribution < 1.29 is 14.3 Å². The molecule has 0 saturated carbocycles. The number of nitrogens with two attached hydrogens (primary N) is 1. The van der Waals surface area contributed by atoms with E-state index in [-0.39, 0.29) is 24.3 Å². The molecule has 0 radical (unpaired) electrons. The number of carbonyl (C=O) groups excluding carboxylic acids is 2. The van der Waals surface area contributed by atoms with Crippen LogP contribution in [0, 0.1) is 11.8 Å². The number of likely N-dealkylation sites (N-methyl/N-ethyl adjacent to an activating group) is 1. The van der Waals surface area contributed by atoms with E-state index < -0.39 is 0 Å². The molecular formula is C15H31N3O3. The zero-order valence-corrected chi connectivity index (χ0v) is 13.9. The van der Waals surface area contributed by atoms with Crippen LogP contribution in [0.15, 0.2) is 0 Å². The van der Waals surface area contributed by atoms with Crippen molar-refractivity contribution >= 4 is 11.8 Å². The van der Waals surface area contributed by atoms with Gasteiger partial charge in [0.15, 0.2) is 0 Å². The van der Waals surface area contributed by atoms with E-state index >= 15 is 0 Å². The Morgan fingerprint density at radius 3 is 2.52 bits per heavy atom. The van der Waals surface area contributed by atoms with Crippen molar-refractivity contribution in [3.8, 4) is 0 Å². The standard InChI is InChI=1S/C15H31N3O3/c1-12(2)8-13(10-16)9-15(20)18(3)11-14(19)17-6-5-7-21-4/h12-13H,5-11,16H2,1-4H3,(H,17,19)/t13-/m0/s1. The Hall–Kier alpha value is -1.14. The normalized spacial score (nSPS) is 12.3. The Bertz CT molecular complexity index is 309. The van der Waals surface area contributed by atoms with Crippen LogP contribution < -0.4 is 11.1 Å². The lowest BCUT2D eigenvalue weighted by Gasteiger charge is -2.21. The maximum Gasteiger partial charge on any atom is 0.239 e. The average Bonchev–Trinajstić information content (AvgIpc) is 2.42. The summed E-state index contributed by atoms with van der Waals surface area (Å²) in [5.41, 5.74) is 5.70. The Balaban J connectivity index is 4.04. The van der Waals surface area contributed by atoms with E-state index in [0.717, 1.165) is 12.8 Å². The van der Waals surface area contributed by atoms with Gasteiger partial charge >= 0.3 is 0 Å². The van der Waals surface area contributed by atoms with Crippen LogP contribution >= 0.6 is 0 Å². The van der Waals surface area contributed by atoms with Gasteiger partial charge in [0.2, 0.25) is 11.8 Å². The lowest BCUT2D eigenvalue weighted by Crippen LogP contribution is -2.39. The fourth-order valence-electron chi connectivity index (χ4n) is 2.14. The number of hydrogen-bond donors (Lipinski definition) is 2. The molecule has 3 N–H and O–H groups in total. The van der Waals surface area contributed by atoms with Gasteiger partial charge < -0.3 is 20.7 Å². The van der Waals surface area contributed by atoms with E-state index in [0.29, 0.717) is 32.0 Å². The predicted octanol–water partition coefficient (Wildman–Crippen LogP) is 0.609. The summed E-state index contributed by atoms with van der Waals surface area (Å²) >= 11 is 0. The summed E-state index contributed by atoms with van der Waals surface area (Å²) in [5.74, 6) is 0.527. The van der Waals surface area contributed by atoms with E-state index in [2.05, 4.69) is 19.2 Å². The van der Waals surface area contributed by atoms with Gasteiger partial charge in [-0.1, -0.05) is 13.8 Å². The van der Waals surface area contributed by atoms with Crippen LogP contribution in [0.1, 0.15) is 33.1 Å². The first-order valence-electron chi connectivity index (χ1n) is 7.60. The molecule has 0 aromatic carbocycles. The van der Waals surface area contributed by atoms with Crippen LogP contribution in [0.5, 0.6) is 0 Å². The summed E-state index contributed by atoms with van der Waals surface area (Å²) < 4.78 is 4.90. The molecule has 0 unspecified atom stereocenters. The zero-order valence-electron chi connectivity index (χ0n) is 13.9. The fourth-order valence-corrected chi connectivity index (χ4v) is 2.14. The fraction of sp³-hybridized carbons (Fsp3) is 0.867. The monoisotopic (exact) mass is 301 g/mol. The van der Waals surface area contributed by atoms with E-state index in [4.69, 9.17) is 10.5 Å². The van der Waals surface area contributed by atoms with Crippen LogP contribution in [0.25, 0.3) is 0 Å². The van der Waals surface area contributed by atoms with Gasteiger partial charge in [-0.15, -0.1) is 0 Å². The third-order valence-corrected chi connectivity index (χ3v) is 3.26. The summed E-state index contributed by atoms with van der Waals surface area (Å²) in [6.45, 7) is 6.00. The van der Waals surface area contributed by atoms with Crippen molar-refractivity contribution in [3.63, 3.8) is 0 Å². The predicted molar refractivity (Wildman–Crippen MR) is 83.8 cm³/mol. The second-order valence-electron chi connectivity index (χ2n) is 5.88. The minimum atomic E-state index is -0.143. The average molecular weight is 301 g/mol. The molecule has 2 amide bonds. The summed E-state index contributed by atoms with van der Waals surface area (Å²) in [6, 6.07) is 0. The highest BCUT2D eigenvalue weighted by atomic mass is 16.5. The molecular weight excluding hydrogens is 270 g/mol. The van der Waals surface area contributed by atoms with Crippen molar-refractivity contribution in [1.29, 1.82) is 0 Å². The second kappa shape index (κ2) is 11.5. The summed E-state index contributed by atoms with van der Waals surface area (Å²) in [7, 11) is 3.28. The number of nitrogens with zero attached hydrogens (tertiary/aromatic N) is 1. The maximum absolute atomic E-state index is 12.1. The van der Waals surface area contributed by atoms with Crippen LogP contribution in [0.4, 0.5) is 0 Å². The molecule has 0 aliphatic heterocycles. The Morgan fingerprint density at radius 1 is 1.33 bits per heavy atom. The second-order valence-corrected chi connectivity index (χ2v) is 5.88. The molecule has 124 valence electrons. The van der Waals surface area contributed by atoms with E-state index in [1.165, 1.54) is 4.90 Å². The number of rotatable bonds is 11. The molecule has 0 aliphatic carbocycles. The lowest BCUT2D eigenvalue weighted by atomic mass is 9.94. The number of nitrogens with one attached hydrogen (secondary N) is 1. The van der Waals surface area contributed by atoms with Gasteiger partial charge in [-0.3, -0.25) is 9.59 Å². The molecule has 1 atom stereocenters. The quantitative estimate of drug-likeness (QED) is 0.548. The van der Waals surface area contributed by atoms with Gasteiger partial charge in [0.05, 0.1) is 6.54 Å². The number of methoxy groups -OCH3 is 1. The first-order valence-corrected chi connectivity index (χ1v) is 7.60. The first-order chi connectivity index (χ1) is 9.90. The zero-order chi connectivity index (χ0) is 16.3. The Kier molecular flexibility index (Phi) is 10.9. The van der Waals surface area contributed by atoms with E-state index in [9.17, 15) is 9.59 Å². The molecule has 0 fully saturated rings. The smallest absolute Gasteiger partial charge is 0.239 e. The summed E-state index contributed by atoms with van der Waals surface area (Å²) in [5, 5.41) is 2.77. The van der Waals surface area contributed by atoms with Crippen molar-refractivity contribution in [2.75, 3.05) is 40.4 Å². The highest BCUT2D eigenvalue weighted by Gasteiger charge is 2.18. The molecule has 0 saturated heterocycles. The van der Waals surface area contributed by atoms with Gasteiger partial charge in [-0.05, 0) is 31.2 Å². The maximum atomic E-state index is 12.1. The molecule has 0 aromatic rings. The van der Waals surface area contributed by atoms with Crippen LogP contribution in [0.3, 0.4) is 0 Å².